The SMILES string of the molecule is Cc1ccc(C2(CN3CCCC3)CCC2)cc1.Cc1ccc(C2(CN3CCCC3)CCC2)cc1. The molecular formula is C32H46N2. The number of rotatable bonds is 6. The minimum Gasteiger partial charge on any atom is -0.302 e. The summed E-state index contributed by atoms with van der Waals surface area (Å²) in [5.74, 6) is 0. The normalized spacial score (nSPS) is 23.6. The highest BCUT2D eigenvalue weighted by molar-refractivity contribution is 5.32. The smallest absolute Gasteiger partial charge is 0.00803 e. The van der Waals surface area contributed by atoms with E-state index in [9.17, 15) is 0 Å². The molecule has 2 aromatic rings. The second-order valence-electron chi connectivity index (χ2n) is 12.0. The maximum atomic E-state index is 2.68. The summed E-state index contributed by atoms with van der Waals surface area (Å²) < 4.78 is 0. The van der Waals surface area contributed by atoms with Crippen molar-refractivity contribution in [1.29, 1.82) is 0 Å². The lowest BCUT2D eigenvalue weighted by atomic mass is 9.64. The molecule has 0 spiro atoms. The Balaban J connectivity index is 0.000000142. The minimum absolute atomic E-state index is 0.498. The van der Waals surface area contributed by atoms with E-state index < -0.39 is 0 Å². The van der Waals surface area contributed by atoms with E-state index in [2.05, 4.69) is 72.2 Å². The molecule has 6 rings (SSSR count). The third-order valence-corrected chi connectivity index (χ3v) is 9.40. The van der Waals surface area contributed by atoms with Gasteiger partial charge in [0.05, 0.1) is 0 Å². The quantitative estimate of drug-likeness (QED) is 0.459. The average molecular weight is 459 g/mol. The van der Waals surface area contributed by atoms with Crippen molar-refractivity contribution in [3.05, 3.63) is 70.8 Å². The van der Waals surface area contributed by atoms with Gasteiger partial charge in [0.15, 0.2) is 0 Å². The number of hydrogen-bond acceptors (Lipinski definition) is 2. The highest BCUT2D eigenvalue weighted by Crippen LogP contribution is 2.45. The molecule has 0 unspecified atom stereocenters. The van der Waals surface area contributed by atoms with E-state index in [1.54, 1.807) is 11.1 Å². The van der Waals surface area contributed by atoms with Gasteiger partial charge in [-0.05, 0) is 103 Å². The first-order valence-corrected chi connectivity index (χ1v) is 14.2. The molecule has 0 radical (unpaired) electrons. The lowest BCUT2D eigenvalue weighted by Gasteiger charge is -2.45. The van der Waals surface area contributed by atoms with Crippen molar-refractivity contribution in [2.75, 3.05) is 39.3 Å². The molecule has 2 aliphatic carbocycles. The van der Waals surface area contributed by atoms with Gasteiger partial charge in [0.1, 0.15) is 0 Å². The van der Waals surface area contributed by atoms with Gasteiger partial charge in [0.2, 0.25) is 0 Å². The number of benzene rings is 2. The lowest BCUT2D eigenvalue weighted by molar-refractivity contribution is 0.159. The first kappa shape index (κ1) is 24.1. The van der Waals surface area contributed by atoms with Crippen LogP contribution in [0.2, 0.25) is 0 Å². The molecule has 4 fully saturated rings. The fraction of sp³-hybridized carbons (Fsp3) is 0.625. The van der Waals surface area contributed by atoms with Gasteiger partial charge in [0, 0.05) is 23.9 Å². The Hall–Kier alpha value is -1.64. The molecule has 2 aliphatic heterocycles. The minimum atomic E-state index is 0.498. The van der Waals surface area contributed by atoms with E-state index in [4.69, 9.17) is 0 Å². The summed E-state index contributed by atoms with van der Waals surface area (Å²) in [5, 5.41) is 0. The van der Waals surface area contributed by atoms with Crippen molar-refractivity contribution in [3.8, 4) is 0 Å². The highest BCUT2D eigenvalue weighted by Gasteiger charge is 2.41. The summed E-state index contributed by atoms with van der Waals surface area (Å²) >= 11 is 0. The van der Waals surface area contributed by atoms with Crippen LogP contribution in [0, 0.1) is 13.8 Å². The van der Waals surface area contributed by atoms with Gasteiger partial charge in [-0.3, -0.25) is 0 Å². The summed E-state index contributed by atoms with van der Waals surface area (Å²) in [6, 6.07) is 18.6. The van der Waals surface area contributed by atoms with Crippen LogP contribution in [0.4, 0.5) is 0 Å². The Morgan fingerprint density at radius 2 is 0.824 bits per heavy atom. The van der Waals surface area contributed by atoms with Gasteiger partial charge >= 0.3 is 0 Å². The average Bonchev–Trinajstić information content (AvgIpc) is 3.50. The van der Waals surface area contributed by atoms with Crippen molar-refractivity contribution in [1.82, 2.24) is 9.80 Å². The van der Waals surface area contributed by atoms with Crippen LogP contribution in [-0.2, 0) is 10.8 Å². The summed E-state index contributed by atoms with van der Waals surface area (Å²) in [5.41, 5.74) is 6.92. The first-order chi connectivity index (χ1) is 16.6. The van der Waals surface area contributed by atoms with Gasteiger partial charge in [-0.2, -0.15) is 0 Å². The molecule has 2 heteroatoms. The van der Waals surface area contributed by atoms with E-state index in [0.717, 1.165) is 0 Å². The summed E-state index contributed by atoms with van der Waals surface area (Å²) in [4.78, 5) is 5.36. The molecule has 2 aromatic carbocycles. The number of likely N-dealkylation sites (tertiary alicyclic amines) is 2. The predicted molar refractivity (Wildman–Crippen MR) is 145 cm³/mol. The van der Waals surface area contributed by atoms with E-state index in [-0.39, 0.29) is 0 Å². The van der Waals surface area contributed by atoms with Crippen LogP contribution in [0.1, 0.15) is 86.5 Å². The zero-order valence-corrected chi connectivity index (χ0v) is 21.8. The largest absolute Gasteiger partial charge is 0.302 e. The van der Waals surface area contributed by atoms with Gasteiger partial charge in [-0.15, -0.1) is 0 Å². The van der Waals surface area contributed by atoms with E-state index in [0.29, 0.717) is 10.8 Å². The van der Waals surface area contributed by atoms with Crippen LogP contribution in [0.3, 0.4) is 0 Å². The Bertz CT molecular complexity index is 816. The Labute approximate surface area is 208 Å². The summed E-state index contributed by atoms with van der Waals surface area (Å²) in [6.07, 6.45) is 14.0. The van der Waals surface area contributed by atoms with E-state index >= 15 is 0 Å². The van der Waals surface area contributed by atoms with Crippen LogP contribution < -0.4 is 0 Å². The molecule has 0 N–H and O–H groups in total. The number of nitrogens with zero attached hydrogens (tertiary/aromatic N) is 2. The second-order valence-corrected chi connectivity index (χ2v) is 12.0. The first-order valence-electron chi connectivity index (χ1n) is 14.2. The zero-order valence-electron chi connectivity index (χ0n) is 21.8. The number of aryl methyl sites for hydroxylation is 2. The van der Waals surface area contributed by atoms with Crippen LogP contribution in [0.25, 0.3) is 0 Å². The van der Waals surface area contributed by atoms with Gasteiger partial charge in [-0.25, -0.2) is 0 Å². The van der Waals surface area contributed by atoms with Crippen LogP contribution >= 0.6 is 0 Å². The molecule has 34 heavy (non-hydrogen) atoms. The molecule has 2 saturated heterocycles. The Kier molecular flexibility index (Phi) is 7.46. The monoisotopic (exact) mass is 458 g/mol. The maximum Gasteiger partial charge on any atom is 0.00803 e. The summed E-state index contributed by atoms with van der Waals surface area (Å²) in [7, 11) is 0. The van der Waals surface area contributed by atoms with Crippen molar-refractivity contribution in [2.45, 2.75) is 88.9 Å². The number of hydrogen-bond donors (Lipinski definition) is 0. The fourth-order valence-electron chi connectivity index (χ4n) is 6.84. The van der Waals surface area contributed by atoms with Crippen molar-refractivity contribution in [2.24, 2.45) is 0 Å². The fourth-order valence-corrected chi connectivity index (χ4v) is 6.84. The van der Waals surface area contributed by atoms with Crippen LogP contribution in [0.15, 0.2) is 48.5 Å². The highest BCUT2D eigenvalue weighted by atomic mass is 15.1. The third-order valence-electron chi connectivity index (χ3n) is 9.40. The van der Waals surface area contributed by atoms with Crippen LogP contribution in [0.5, 0.6) is 0 Å². The topological polar surface area (TPSA) is 6.48 Å². The second kappa shape index (κ2) is 10.5. The molecular weight excluding hydrogens is 412 g/mol. The molecule has 2 saturated carbocycles. The predicted octanol–water partition coefficient (Wildman–Crippen LogP) is 7.03. The van der Waals surface area contributed by atoms with Gasteiger partial charge in [0.25, 0.3) is 0 Å². The van der Waals surface area contributed by atoms with E-state index in [1.165, 1.54) is 115 Å². The Morgan fingerprint density at radius 3 is 1.09 bits per heavy atom. The molecule has 4 aliphatic rings. The van der Waals surface area contributed by atoms with Crippen molar-refractivity contribution in [3.63, 3.8) is 0 Å². The molecule has 0 aromatic heterocycles. The molecule has 2 nitrogen and oxygen atoms in total. The van der Waals surface area contributed by atoms with Crippen molar-refractivity contribution >= 4 is 0 Å². The standard InChI is InChI=1S/2C16H23N/c2*1-14-5-7-15(8-6-14)16(9-4-10-16)13-17-11-2-3-12-17/h2*5-8H,2-4,9-13H2,1H3. The molecule has 0 atom stereocenters. The zero-order chi connectivity index (χ0) is 23.4. The molecule has 0 amide bonds. The van der Waals surface area contributed by atoms with Crippen molar-refractivity contribution < 1.29 is 0 Å². The van der Waals surface area contributed by atoms with Gasteiger partial charge in [-0.1, -0.05) is 72.5 Å². The van der Waals surface area contributed by atoms with Crippen LogP contribution in [-0.4, -0.2) is 49.1 Å². The maximum absolute atomic E-state index is 2.68. The molecule has 184 valence electrons. The van der Waals surface area contributed by atoms with E-state index in [1.807, 2.05) is 0 Å². The molecule has 0 bridgehead atoms. The third kappa shape index (κ3) is 5.29. The molecule has 2 heterocycles. The lowest BCUT2D eigenvalue weighted by Crippen LogP contribution is -2.44. The van der Waals surface area contributed by atoms with Gasteiger partial charge < -0.3 is 9.80 Å². The summed E-state index contributed by atoms with van der Waals surface area (Å²) in [6.45, 7) is 12.3. The Morgan fingerprint density at radius 1 is 0.500 bits per heavy atom.